The summed E-state index contributed by atoms with van der Waals surface area (Å²) in [6.07, 6.45) is 4.53. The highest BCUT2D eigenvalue weighted by Gasteiger charge is 2.02. The van der Waals surface area contributed by atoms with Crippen molar-refractivity contribution in [2.45, 2.75) is 37.9 Å². The molecule has 0 aliphatic rings. The molecule has 0 aromatic carbocycles. The predicted octanol–water partition coefficient (Wildman–Crippen LogP) is 2.00. The number of nitrogens with zero attached hydrogens (tertiary/aromatic N) is 2. The Balaban J connectivity index is 2.43. The van der Waals surface area contributed by atoms with Gasteiger partial charge >= 0.3 is 0 Å². The van der Waals surface area contributed by atoms with Gasteiger partial charge in [0.15, 0.2) is 0 Å². The SMILES string of the molecule is CCC(C)SCc1ncc(CO)cn1. The van der Waals surface area contributed by atoms with E-state index in [1.165, 1.54) is 6.42 Å². The highest BCUT2D eigenvalue weighted by Crippen LogP contribution is 2.17. The lowest BCUT2D eigenvalue weighted by molar-refractivity contribution is 0.281. The number of thioether (sulfide) groups is 1. The number of aliphatic hydroxyl groups is 1. The Kier molecular flexibility index (Phi) is 4.90. The molecule has 1 N–H and O–H groups in total. The van der Waals surface area contributed by atoms with Gasteiger partial charge in [-0.3, -0.25) is 0 Å². The van der Waals surface area contributed by atoms with Crippen molar-refractivity contribution in [1.82, 2.24) is 9.97 Å². The molecule has 1 rings (SSSR count). The molecular formula is C10H16N2OS. The zero-order valence-electron chi connectivity index (χ0n) is 8.60. The summed E-state index contributed by atoms with van der Waals surface area (Å²) in [7, 11) is 0. The van der Waals surface area contributed by atoms with Gasteiger partial charge in [-0.1, -0.05) is 13.8 Å². The van der Waals surface area contributed by atoms with Gasteiger partial charge < -0.3 is 5.11 Å². The van der Waals surface area contributed by atoms with Crippen LogP contribution in [0.2, 0.25) is 0 Å². The van der Waals surface area contributed by atoms with Crippen LogP contribution in [0.4, 0.5) is 0 Å². The van der Waals surface area contributed by atoms with Gasteiger partial charge in [0.1, 0.15) is 5.82 Å². The molecular weight excluding hydrogens is 196 g/mol. The third-order valence-corrected chi connectivity index (χ3v) is 3.34. The van der Waals surface area contributed by atoms with E-state index in [0.717, 1.165) is 17.1 Å². The van der Waals surface area contributed by atoms with Crippen LogP contribution in [0.25, 0.3) is 0 Å². The Morgan fingerprint density at radius 1 is 1.43 bits per heavy atom. The molecule has 0 bridgehead atoms. The fraction of sp³-hybridized carbons (Fsp3) is 0.600. The molecule has 3 nitrogen and oxygen atoms in total. The minimum atomic E-state index is 0.0127. The Morgan fingerprint density at radius 3 is 2.57 bits per heavy atom. The smallest absolute Gasteiger partial charge is 0.138 e. The van der Waals surface area contributed by atoms with Crippen molar-refractivity contribution in [2.24, 2.45) is 0 Å². The minimum Gasteiger partial charge on any atom is -0.392 e. The molecule has 0 fully saturated rings. The molecule has 1 unspecified atom stereocenters. The summed E-state index contributed by atoms with van der Waals surface area (Å²) in [5, 5.41) is 9.45. The normalized spacial score (nSPS) is 12.8. The summed E-state index contributed by atoms with van der Waals surface area (Å²) in [4.78, 5) is 8.33. The van der Waals surface area contributed by atoms with Crippen LogP contribution in [0.5, 0.6) is 0 Å². The first kappa shape index (κ1) is 11.5. The lowest BCUT2D eigenvalue weighted by atomic mass is 10.4. The van der Waals surface area contributed by atoms with E-state index in [2.05, 4.69) is 23.8 Å². The third kappa shape index (κ3) is 3.64. The largest absolute Gasteiger partial charge is 0.392 e. The number of hydrogen-bond acceptors (Lipinski definition) is 4. The van der Waals surface area contributed by atoms with Crippen LogP contribution in [0.1, 0.15) is 31.7 Å². The molecule has 4 heteroatoms. The molecule has 1 atom stereocenters. The van der Waals surface area contributed by atoms with Crippen LogP contribution in [0.15, 0.2) is 12.4 Å². The third-order valence-electron chi connectivity index (χ3n) is 2.01. The number of rotatable bonds is 5. The first-order valence-corrected chi connectivity index (χ1v) is 5.83. The predicted molar refractivity (Wildman–Crippen MR) is 59.0 cm³/mol. The van der Waals surface area contributed by atoms with Crippen LogP contribution >= 0.6 is 11.8 Å². The van der Waals surface area contributed by atoms with E-state index in [-0.39, 0.29) is 6.61 Å². The van der Waals surface area contributed by atoms with Crippen molar-refractivity contribution in [3.8, 4) is 0 Å². The molecule has 1 aromatic rings. The summed E-state index contributed by atoms with van der Waals surface area (Å²) in [6.45, 7) is 4.39. The van der Waals surface area contributed by atoms with Gasteiger partial charge in [0.2, 0.25) is 0 Å². The van der Waals surface area contributed by atoms with Crippen LogP contribution < -0.4 is 0 Å². The van der Waals surface area contributed by atoms with Crippen molar-refractivity contribution < 1.29 is 5.11 Å². The van der Waals surface area contributed by atoms with Gasteiger partial charge in [0.25, 0.3) is 0 Å². The van der Waals surface area contributed by atoms with Crippen LogP contribution in [-0.2, 0) is 12.4 Å². The monoisotopic (exact) mass is 212 g/mol. The topological polar surface area (TPSA) is 46.0 Å². The maximum absolute atomic E-state index is 8.80. The van der Waals surface area contributed by atoms with Crippen LogP contribution in [0, 0.1) is 0 Å². The molecule has 0 saturated heterocycles. The molecule has 1 aromatic heterocycles. The fourth-order valence-electron chi connectivity index (χ4n) is 0.872. The van der Waals surface area contributed by atoms with Crippen LogP contribution in [-0.4, -0.2) is 20.3 Å². The molecule has 0 aliphatic carbocycles. The van der Waals surface area contributed by atoms with E-state index in [9.17, 15) is 0 Å². The van der Waals surface area contributed by atoms with E-state index in [4.69, 9.17) is 5.11 Å². The zero-order valence-corrected chi connectivity index (χ0v) is 9.42. The molecule has 0 saturated carbocycles. The molecule has 78 valence electrons. The van der Waals surface area contributed by atoms with E-state index in [0.29, 0.717) is 5.25 Å². The number of hydrogen-bond donors (Lipinski definition) is 1. The Morgan fingerprint density at radius 2 is 2.07 bits per heavy atom. The summed E-state index contributed by atoms with van der Waals surface area (Å²) in [5.41, 5.74) is 0.766. The highest BCUT2D eigenvalue weighted by atomic mass is 32.2. The van der Waals surface area contributed by atoms with Gasteiger partial charge in [-0.2, -0.15) is 11.8 Å². The lowest BCUT2D eigenvalue weighted by Gasteiger charge is -2.06. The molecule has 1 heterocycles. The fourth-order valence-corrected chi connectivity index (χ4v) is 1.69. The van der Waals surface area contributed by atoms with Crippen molar-refractivity contribution in [2.75, 3.05) is 0 Å². The molecule has 0 radical (unpaired) electrons. The van der Waals surface area contributed by atoms with E-state index in [1.54, 1.807) is 12.4 Å². The van der Waals surface area contributed by atoms with Crippen molar-refractivity contribution >= 4 is 11.8 Å². The van der Waals surface area contributed by atoms with Crippen molar-refractivity contribution in [3.05, 3.63) is 23.8 Å². The van der Waals surface area contributed by atoms with E-state index in [1.807, 2.05) is 11.8 Å². The number of aromatic nitrogens is 2. The van der Waals surface area contributed by atoms with E-state index < -0.39 is 0 Å². The van der Waals surface area contributed by atoms with Gasteiger partial charge in [-0.25, -0.2) is 9.97 Å². The summed E-state index contributed by atoms with van der Waals surface area (Å²) in [6, 6.07) is 0. The second-order valence-corrected chi connectivity index (χ2v) is 4.62. The first-order chi connectivity index (χ1) is 6.76. The minimum absolute atomic E-state index is 0.0127. The lowest BCUT2D eigenvalue weighted by Crippen LogP contribution is -1.98. The second-order valence-electron chi connectivity index (χ2n) is 3.20. The first-order valence-electron chi connectivity index (χ1n) is 4.78. The molecule has 0 amide bonds. The summed E-state index contributed by atoms with van der Waals surface area (Å²) in [5.74, 6) is 1.69. The Bertz CT molecular complexity index is 263. The summed E-state index contributed by atoms with van der Waals surface area (Å²) >= 11 is 1.86. The van der Waals surface area contributed by atoms with Gasteiger partial charge in [0.05, 0.1) is 12.4 Å². The van der Waals surface area contributed by atoms with Gasteiger partial charge in [-0.05, 0) is 6.42 Å². The Hall–Kier alpha value is -0.610. The zero-order chi connectivity index (χ0) is 10.4. The van der Waals surface area contributed by atoms with Crippen molar-refractivity contribution in [1.29, 1.82) is 0 Å². The molecule has 0 aliphatic heterocycles. The maximum Gasteiger partial charge on any atom is 0.138 e. The summed E-state index contributed by atoms with van der Waals surface area (Å²) < 4.78 is 0. The average molecular weight is 212 g/mol. The van der Waals surface area contributed by atoms with E-state index >= 15 is 0 Å². The van der Waals surface area contributed by atoms with Gasteiger partial charge in [-0.15, -0.1) is 0 Å². The molecule has 14 heavy (non-hydrogen) atoms. The highest BCUT2D eigenvalue weighted by molar-refractivity contribution is 7.99. The van der Waals surface area contributed by atoms with Crippen LogP contribution in [0.3, 0.4) is 0 Å². The second kappa shape index (κ2) is 5.98. The standard InChI is InChI=1S/C10H16N2OS/c1-3-8(2)14-7-10-11-4-9(6-13)5-12-10/h4-5,8,13H,3,6-7H2,1-2H3. The maximum atomic E-state index is 8.80. The molecule has 0 spiro atoms. The quantitative estimate of drug-likeness (QED) is 0.811. The Labute approximate surface area is 89.0 Å². The van der Waals surface area contributed by atoms with Gasteiger partial charge in [0, 0.05) is 23.2 Å². The number of aliphatic hydroxyl groups excluding tert-OH is 1. The average Bonchev–Trinajstić information content (AvgIpc) is 2.26. The van der Waals surface area contributed by atoms with Crippen molar-refractivity contribution in [3.63, 3.8) is 0 Å².